The lowest BCUT2D eigenvalue weighted by Gasteiger charge is -2.26. The van der Waals surface area contributed by atoms with E-state index in [1.807, 2.05) is 44.2 Å². The van der Waals surface area contributed by atoms with Crippen molar-refractivity contribution in [1.82, 2.24) is 0 Å². The molecular formula is C16H16N2O2. The van der Waals surface area contributed by atoms with E-state index in [9.17, 15) is 4.79 Å². The summed E-state index contributed by atoms with van der Waals surface area (Å²) >= 11 is 0. The van der Waals surface area contributed by atoms with Crippen molar-refractivity contribution in [2.45, 2.75) is 25.8 Å². The van der Waals surface area contributed by atoms with Crippen LogP contribution in [0.5, 0.6) is 0 Å². The van der Waals surface area contributed by atoms with Crippen molar-refractivity contribution in [1.29, 1.82) is 5.26 Å². The van der Waals surface area contributed by atoms with Gasteiger partial charge in [-0.15, -0.1) is 0 Å². The molecule has 0 unspecified atom stereocenters. The van der Waals surface area contributed by atoms with E-state index in [1.54, 1.807) is 6.07 Å². The largest absolute Gasteiger partial charge is 0.481 e. The summed E-state index contributed by atoms with van der Waals surface area (Å²) in [5, 5.41) is 23.1. The molecule has 2 aromatic rings. The summed E-state index contributed by atoms with van der Waals surface area (Å²) in [5.74, 6) is -0.847. The Morgan fingerprint density at radius 2 is 1.90 bits per heavy atom. The Hall–Kier alpha value is -2.54. The number of rotatable bonds is 4. The molecule has 2 rings (SSSR count). The van der Waals surface area contributed by atoms with Gasteiger partial charge in [-0.05, 0) is 26.0 Å². The fourth-order valence-corrected chi connectivity index (χ4v) is 2.29. The molecule has 0 aromatic heterocycles. The molecule has 0 atom stereocenters. The van der Waals surface area contributed by atoms with Crippen LogP contribution in [0.15, 0.2) is 36.4 Å². The highest BCUT2D eigenvalue weighted by molar-refractivity contribution is 5.97. The van der Waals surface area contributed by atoms with E-state index in [4.69, 9.17) is 10.4 Å². The zero-order chi connectivity index (χ0) is 14.8. The molecule has 2 aromatic carbocycles. The van der Waals surface area contributed by atoms with E-state index < -0.39 is 11.5 Å². The highest BCUT2D eigenvalue weighted by atomic mass is 16.4. The van der Waals surface area contributed by atoms with Gasteiger partial charge < -0.3 is 10.4 Å². The molecule has 0 radical (unpaired) electrons. The molecule has 0 amide bonds. The Kier molecular flexibility index (Phi) is 3.62. The molecule has 0 bridgehead atoms. The standard InChI is InChI=1S/C16H16N2O2/c1-16(2,9-15(19)20)18-14-8-7-11(10-17)12-5-3-4-6-13(12)14/h3-8,18H,9H2,1-2H3,(H,19,20). The third kappa shape index (κ3) is 2.89. The number of nitrogens with zero attached hydrogens (tertiary/aromatic N) is 1. The Bertz CT molecular complexity index is 699. The average molecular weight is 268 g/mol. The molecule has 0 aliphatic carbocycles. The maximum atomic E-state index is 10.9. The van der Waals surface area contributed by atoms with Gasteiger partial charge in [0.1, 0.15) is 0 Å². The van der Waals surface area contributed by atoms with E-state index in [0.29, 0.717) is 5.56 Å². The number of hydrogen-bond acceptors (Lipinski definition) is 3. The molecule has 0 spiro atoms. The van der Waals surface area contributed by atoms with Crippen LogP contribution in [-0.4, -0.2) is 16.6 Å². The lowest BCUT2D eigenvalue weighted by Crippen LogP contribution is -2.33. The summed E-state index contributed by atoms with van der Waals surface area (Å²) in [6.45, 7) is 3.68. The molecule has 20 heavy (non-hydrogen) atoms. The Morgan fingerprint density at radius 3 is 2.50 bits per heavy atom. The highest BCUT2D eigenvalue weighted by Gasteiger charge is 2.22. The zero-order valence-corrected chi connectivity index (χ0v) is 11.5. The minimum Gasteiger partial charge on any atom is -0.481 e. The summed E-state index contributed by atoms with van der Waals surface area (Å²) in [4.78, 5) is 10.9. The monoisotopic (exact) mass is 268 g/mol. The van der Waals surface area contributed by atoms with Crippen molar-refractivity contribution >= 4 is 22.4 Å². The number of fused-ring (bicyclic) bond motifs is 1. The van der Waals surface area contributed by atoms with Gasteiger partial charge in [-0.25, -0.2) is 0 Å². The van der Waals surface area contributed by atoms with Crippen molar-refractivity contribution in [3.63, 3.8) is 0 Å². The van der Waals surface area contributed by atoms with Crippen LogP contribution in [0.25, 0.3) is 10.8 Å². The fraction of sp³-hybridized carbons (Fsp3) is 0.250. The van der Waals surface area contributed by atoms with Gasteiger partial charge in [-0.2, -0.15) is 5.26 Å². The van der Waals surface area contributed by atoms with Gasteiger partial charge in [-0.1, -0.05) is 24.3 Å². The van der Waals surface area contributed by atoms with Crippen molar-refractivity contribution in [2.24, 2.45) is 0 Å². The van der Waals surface area contributed by atoms with Gasteiger partial charge in [-0.3, -0.25) is 4.79 Å². The quantitative estimate of drug-likeness (QED) is 0.891. The third-order valence-corrected chi connectivity index (χ3v) is 3.11. The van der Waals surface area contributed by atoms with E-state index in [2.05, 4.69) is 11.4 Å². The number of benzene rings is 2. The van der Waals surface area contributed by atoms with Crippen LogP contribution >= 0.6 is 0 Å². The number of carboxylic acids is 1. The number of aliphatic carboxylic acids is 1. The van der Waals surface area contributed by atoms with Gasteiger partial charge in [0.05, 0.1) is 18.1 Å². The first-order valence-corrected chi connectivity index (χ1v) is 6.35. The third-order valence-electron chi connectivity index (χ3n) is 3.11. The predicted molar refractivity (Wildman–Crippen MR) is 78.6 cm³/mol. The molecule has 4 nitrogen and oxygen atoms in total. The first kappa shape index (κ1) is 13.9. The van der Waals surface area contributed by atoms with Crippen LogP contribution in [0.1, 0.15) is 25.8 Å². The number of hydrogen-bond donors (Lipinski definition) is 2. The predicted octanol–water partition coefficient (Wildman–Crippen LogP) is 3.38. The molecule has 0 aliphatic heterocycles. The smallest absolute Gasteiger partial charge is 0.305 e. The maximum absolute atomic E-state index is 10.9. The van der Waals surface area contributed by atoms with Crippen LogP contribution in [0.3, 0.4) is 0 Å². The van der Waals surface area contributed by atoms with Crippen LogP contribution in [0.4, 0.5) is 5.69 Å². The first-order valence-electron chi connectivity index (χ1n) is 6.35. The molecule has 2 N–H and O–H groups in total. The molecule has 0 saturated carbocycles. The normalized spacial score (nSPS) is 11.1. The first-order chi connectivity index (χ1) is 9.43. The van der Waals surface area contributed by atoms with Crippen LogP contribution < -0.4 is 5.32 Å². The highest BCUT2D eigenvalue weighted by Crippen LogP contribution is 2.29. The molecular weight excluding hydrogens is 252 g/mol. The summed E-state index contributed by atoms with van der Waals surface area (Å²) in [6, 6.07) is 13.3. The molecule has 0 aliphatic rings. The molecule has 0 heterocycles. The Labute approximate surface area is 117 Å². The van der Waals surface area contributed by atoms with Crippen molar-refractivity contribution < 1.29 is 9.90 Å². The van der Waals surface area contributed by atoms with Gasteiger partial charge in [0.15, 0.2) is 0 Å². The summed E-state index contributed by atoms with van der Waals surface area (Å²) < 4.78 is 0. The van der Waals surface area contributed by atoms with E-state index in [1.165, 1.54) is 0 Å². The minimum atomic E-state index is -0.847. The van der Waals surface area contributed by atoms with E-state index in [-0.39, 0.29) is 6.42 Å². The molecule has 102 valence electrons. The van der Waals surface area contributed by atoms with Gasteiger partial charge in [0, 0.05) is 22.0 Å². The number of nitriles is 1. The lowest BCUT2D eigenvalue weighted by atomic mass is 9.98. The SMILES string of the molecule is CC(C)(CC(=O)O)Nc1ccc(C#N)c2ccccc12. The number of nitrogens with one attached hydrogen (secondary N) is 1. The van der Waals surface area contributed by atoms with Gasteiger partial charge in [0.25, 0.3) is 0 Å². The zero-order valence-electron chi connectivity index (χ0n) is 11.5. The summed E-state index contributed by atoms with van der Waals surface area (Å²) in [5.41, 5.74) is 0.885. The second-order valence-corrected chi connectivity index (χ2v) is 5.40. The Morgan fingerprint density at radius 1 is 1.25 bits per heavy atom. The second-order valence-electron chi connectivity index (χ2n) is 5.40. The van der Waals surface area contributed by atoms with Crippen LogP contribution in [-0.2, 0) is 4.79 Å². The van der Waals surface area contributed by atoms with Crippen molar-refractivity contribution in [2.75, 3.05) is 5.32 Å². The maximum Gasteiger partial charge on any atom is 0.305 e. The Balaban J connectivity index is 2.46. The molecule has 4 heteroatoms. The lowest BCUT2D eigenvalue weighted by molar-refractivity contribution is -0.137. The van der Waals surface area contributed by atoms with Crippen LogP contribution in [0.2, 0.25) is 0 Å². The second kappa shape index (κ2) is 5.22. The van der Waals surface area contributed by atoms with Crippen molar-refractivity contribution in [3.05, 3.63) is 42.0 Å². The van der Waals surface area contributed by atoms with E-state index in [0.717, 1.165) is 16.5 Å². The summed E-state index contributed by atoms with van der Waals surface area (Å²) in [7, 11) is 0. The topological polar surface area (TPSA) is 73.1 Å². The number of carboxylic acid groups (broad SMARTS) is 1. The molecule has 0 fully saturated rings. The number of anilines is 1. The van der Waals surface area contributed by atoms with E-state index >= 15 is 0 Å². The van der Waals surface area contributed by atoms with Crippen molar-refractivity contribution in [3.8, 4) is 6.07 Å². The minimum absolute atomic E-state index is 0.0152. The summed E-state index contributed by atoms with van der Waals surface area (Å²) in [6.07, 6.45) is 0.0152. The van der Waals surface area contributed by atoms with Gasteiger partial charge >= 0.3 is 5.97 Å². The average Bonchev–Trinajstić information content (AvgIpc) is 2.37. The van der Waals surface area contributed by atoms with Gasteiger partial charge in [0.2, 0.25) is 0 Å². The molecule has 0 saturated heterocycles. The number of carbonyl (C=O) groups is 1. The van der Waals surface area contributed by atoms with Crippen LogP contribution in [0, 0.1) is 11.3 Å². The fourth-order valence-electron chi connectivity index (χ4n) is 2.29.